The second-order valence-corrected chi connectivity index (χ2v) is 6.03. The van der Waals surface area contributed by atoms with Crippen LogP contribution in [0.2, 0.25) is 0 Å². The number of hydrogen-bond donors (Lipinski definition) is 1. The molecule has 6 heteroatoms. The number of nitrogens with zero attached hydrogens (tertiary/aromatic N) is 3. The Balaban J connectivity index is 1.97. The number of aromatic nitrogens is 1. The van der Waals surface area contributed by atoms with Gasteiger partial charge in [0.1, 0.15) is 11.5 Å². The fraction of sp³-hybridized carbons (Fsp3) is 0.643. The molecule has 0 bridgehead atoms. The summed E-state index contributed by atoms with van der Waals surface area (Å²) in [5.41, 5.74) is 0.790. The highest BCUT2D eigenvalue weighted by Gasteiger charge is 2.28. The van der Waals surface area contributed by atoms with Crippen LogP contribution in [0.15, 0.2) is 12.1 Å². The number of nitrogens with one attached hydrogen (secondary N) is 1. The van der Waals surface area contributed by atoms with E-state index in [4.69, 9.17) is 0 Å². The fourth-order valence-electron chi connectivity index (χ4n) is 2.48. The summed E-state index contributed by atoms with van der Waals surface area (Å²) in [7, 11) is 2.15. The van der Waals surface area contributed by atoms with E-state index in [1.165, 1.54) is 6.07 Å². The molecule has 0 saturated carbocycles. The van der Waals surface area contributed by atoms with Crippen LogP contribution in [-0.4, -0.2) is 41.5 Å². The molecule has 110 valence electrons. The normalized spacial score (nSPS) is 18.8. The predicted octanol–water partition coefficient (Wildman–Crippen LogP) is 2.44. The van der Waals surface area contributed by atoms with Gasteiger partial charge in [0, 0.05) is 12.6 Å². The molecule has 1 aliphatic heterocycles. The van der Waals surface area contributed by atoms with Gasteiger partial charge in [-0.2, -0.15) is 0 Å². The van der Waals surface area contributed by atoms with Gasteiger partial charge in [0.05, 0.1) is 4.92 Å². The zero-order valence-electron chi connectivity index (χ0n) is 12.3. The van der Waals surface area contributed by atoms with Gasteiger partial charge in [-0.25, -0.2) is 4.98 Å². The van der Waals surface area contributed by atoms with Gasteiger partial charge in [-0.05, 0) is 51.4 Å². The molecule has 0 amide bonds. The Hall–Kier alpha value is -1.69. The third-order valence-corrected chi connectivity index (χ3v) is 4.15. The number of nitro groups is 1. The number of piperidine rings is 1. The number of aryl methyl sites for hydroxylation is 1. The highest BCUT2D eigenvalue weighted by molar-refractivity contribution is 5.44. The zero-order valence-corrected chi connectivity index (χ0v) is 12.3. The largest absolute Gasteiger partial charge is 0.370 e. The summed E-state index contributed by atoms with van der Waals surface area (Å²) >= 11 is 0. The van der Waals surface area contributed by atoms with Crippen LogP contribution in [0.5, 0.6) is 0 Å². The number of rotatable bonds is 4. The molecule has 0 aliphatic carbocycles. The van der Waals surface area contributed by atoms with E-state index in [1.807, 2.05) is 0 Å². The Kier molecular flexibility index (Phi) is 4.23. The van der Waals surface area contributed by atoms with Crippen molar-refractivity contribution in [3.8, 4) is 0 Å². The summed E-state index contributed by atoms with van der Waals surface area (Å²) in [5.74, 6) is 0.716. The highest BCUT2D eigenvalue weighted by atomic mass is 16.6. The first-order valence-corrected chi connectivity index (χ1v) is 6.94. The van der Waals surface area contributed by atoms with Gasteiger partial charge >= 0.3 is 0 Å². The second-order valence-electron chi connectivity index (χ2n) is 6.03. The van der Waals surface area contributed by atoms with E-state index < -0.39 is 4.92 Å². The summed E-state index contributed by atoms with van der Waals surface area (Å²) < 4.78 is 0. The summed E-state index contributed by atoms with van der Waals surface area (Å²) in [6.45, 7) is 7.03. The molecule has 0 atom stereocenters. The van der Waals surface area contributed by atoms with E-state index in [0.717, 1.165) is 32.5 Å². The Labute approximate surface area is 119 Å². The molecule has 2 heterocycles. The van der Waals surface area contributed by atoms with Crippen LogP contribution in [0, 0.1) is 22.5 Å². The van der Waals surface area contributed by atoms with E-state index in [2.05, 4.69) is 29.2 Å². The summed E-state index contributed by atoms with van der Waals surface area (Å²) in [6, 6.07) is 3.20. The first-order valence-electron chi connectivity index (χ1n) is 6.94. The van der Waals surface area contributed by atoms with Crippen molar-refractivity contribution < 1.29 is 4.92 Å². The maximum Gasteiger partial charge on any atom is 0.290 e. The first-order chi connectivity index (χ1) is 9.39. The van der Waals surface area contributed by atoms with Crippen molar-refractivity contribution in [2.24, 2.45) is 5.41 Å². The summed E-state index contributed by atoms with van der Waals surface area (Å²) in [5, 5.41) is 14.1. The van der Waals surface area contributed by atoms with Crippen LogP contribution in [-0.2, 0) is 0 Å². The van der Waals surface area contributed by atoms with Crippen LogP contribution in [0.1, 0.15) is 25.5 Å². The van der Waals surface area contributed by atoms with Crippen molar-refractivity contribution in [1.29, 1.82) is 0 Å². The standard InChI is InChI=1S/C14H22N4O2/c1-11-12(18(19)20)4-5-13(16-11)15-10-14(2)6-8-17(3)9-7-14/h4-5H,6-10H2,1-3H3,(H,15,16). The van der Waals surface area contributed by atoms with Gasteiger partial charge in [-0.1, -0.05) is 6.92 Å². The Morgan fingerprint density at radius 3 is 2.65 bits per heavy atom. The van der Waals surface area contributed by atoms with Crippen molar-refractivity contribution in [2.45, 2.75) is 26.7 Å². The lowest BCUT2D eigenvalue weighted by molar-refractivity contribution is -0.385. The maximum atomic E-state index is 10.8. The van der Waals surface area contributed by atoms with E-state index in [0.29, 0.717) is 11.5 Å². The molecule has 0 unspecified atom stereocenters. The van der Waals surface area contributed by atoms with Crippen molar-refractivity contribution in [1.82, 2.24) is 9.88 Å². The molecular formula is C14H22N4O2. The number of hydrogen-bond acceptors (Lipinski definition) is 5. The van der Waals surface area contributed by atoms with E-state index in [9.17, 15) is 10.1 Å². The Morgan fingerprint density at radius 2 is 2.10 bits per heavy atom. The summed E-state index contributed by atoms with van der Waals surface area (Å²) in [6.07, 6.45) is 2.31. The van der Waals surface area contributed by atoms with Crippen LogP contribution >= 0.6 is 0 Å². The third kappa shape index (κ3) is 3.45. The molecule has 2 rings (SSSR count). The Bertz CT molecular complexity index is 496. The van der Waals surface area contributed by atoms with Gasteiger partial charge in [0.15, 0.2) is 0 Å². The maximum absolute atomic E-state index is 10.8. The van der Waals surface area contributed by atoms with E-state index in [-0.39, 0.29) is 11.1 Å². The number of pyridine rings is 1. The predicted molar refractivity (Wildman–Crippen MR) is 79.0 cm³/mol. The first kappa shape index (κ1) is 14.7. The van der Waals surface area contributed by atoms with Crippen molar-refractivity contribution in [2.75, 3.05) is 32.0 Å². The topological polar surface area (TPSA) is 71.3 Å². The van der Waals surface area contributed by atoms with E-state index >= 15 is 0 Å². The monoisotopic (exact) mass is 278 g/mol. The molecule has 1 aliphatic rings. The van der Waals surface area contributed by atoms with Crippen molar-refractivity contribution in [3.63, 3.8) is 0 Å². The van der Waals surface area contributed by atoms with Gasteiger partial charge in [0.2, 0.25) is 0 Å². The van der Waals surface area contributed by atoms with E-state index in [1.54, 1.807) is 13.0 Å². The average Bonchev–Trinajstić information content (AvgIpc) is 2.40. The lowest BCUT2D eigenvalue weighted by Crippen LogP contribution is -2.40. The third-order valence-electron chi connectivity index (χ3n) is 4.15. The molecule has 20 heavy (non-hydrogen) atoms. The molecule has 0 radical (unpaired) electrons. The van der Waals surface area contributed by atoms with Crippen LogP contribution in [0.3, 0.4) is 0 Å². The minimum Gasteiger partial charge on any atom is -0.370 e. The lowest BCUT2D eigenvalue weighted by Gasteiger charge is -2.38. The number of anilines is 1. The van der Waals surface area contributed by atoms with Gasteiger partial charge in [-0.3, -0.25) is 10.1 Å². The Morgan fingerprint density at radius 1 is 1.45 bits per heavy atom. The molecule has 1 aromatic rings. The van der Waals surface area contributed by atoms with Gasteiger partial charge in [-0.15, -0.1) is 0 Å². The fourth-order valence-corrected chi connectivity index (χ4v) is 2.48. The van der Waals surface area contributed by atoms with Crippen LogP contribution in [0.4, 0.5) is 11.5 Å². The van der Waals surface area contributed by atoms with Crippen molar-refractivity contribution >= 4 is 11.5 Å². The van der Waals surface area contributed by atoms with Crippen molar-refractivity contribution in [3.05, 3.63) is 27.9 Å². The minimum absolute atomic E-state index is 0.0704. The summed E-state index contributed by atoms with van der Waals surface area (Å²) in [4.78, 5) is 17.0. The van der Waals surface area contributed by atoms with Gasteiger partial charge < -0.3 is 10.2 Å². The number of likely N-dealkylation sites (tertiary alicyclic amines) is 1. The molecule has 6 nitrogen and oxygen atoms in total. The lowest BCUT2D eigenvalue weighted by atomic mass is 9.80. The molecule has 1 N–H and O–H groups in total. The highest BCUT2D eigenvalue weighted by Crippen LogP contribution is 2.30. The van der Waals surface area contributed by atoms with Crippen LogP contribution < -0.4 is 5.32 Å². The smallest absolute Gasteiger partial charge is 0.290 e. The van der Waals surface area contributed by atoms with Gasteiger partial charge in [0.25, 0.3) is 5.69 Å². The quantitative estimate of drug-likeness (QED) is 0.676. The molecule has 0 spiro atoms. The second kappa shape index (κ2) is 5.75. The minimum atomic E-state index is -0.398. The molecule has 1 saturated heterocycles. The molecule has 1 aromatic heterocycles. The van der Waals surface area contributed by atoms with Crippen LogP contribution in [0.25, 0.3) is 0 Å². The molecule has 1 fully saturated rings. The average molecular weight is 278 g/mol. The SMILES string of the molecule is Cc1nc(NCC2(C)CCN(C)CC2)ccc1[N+](=O)[O-]. The molecular weight excluding hydrogens is 256 g/mol. The molecule has 0 aromatic carbocycles. The zero-order chi connectivity index (χ0) is 14.8.